The van der Waals surface area contributed by atoms with Gasteiger partial charge in [-0.3, -0.25) is 4.79 Å². The van der Waals surface area contributed by atoms with Gasteiger partial charge < -0.3 is 15.0 Å². The molecule has 1 fully saturated rings. The summed E-state index contributed by atoms with van der Waals surface area (Å²) < 4.78 is 84.4. The van der Waals surface area contributed by atoms with Crippen LogP contribution in [-0.4, -0.2) is 42.1 Å². The molecule has 1 saturated heterocycles. The van der Waals surface area contributed by atoms with Crippen LogP contribution in [0.15, 0.2) is 48.5 Å². The molecule has 2 aromatic rings. The van der Waals surface area contributed by atoms with Crippen LogP contribution < -0.4 is 5.32 Å². The van der Waals surface area contributed by atoms with Crippen molar-refractivity contribution in [1.82, 2.24) is 10.2 Å². The monoisotopic (exact) mass is 516 g/mol. The van der Waals surface area contributed by atoms with Crippen molar-refractivity contribution in [1.29, 1.82) is 0 Å². The Morgan fingerprint density at radius 3 is 1.97 bits per heavy atom. The highest BCUT2D eigenvalue weighted by molar-refractivity contribution is 5.94. The molecule has 196 valence electrons. The van der Waals surface area contributed by atoms with Crippen LogP contribution in [-0.2, 0) is 17.1 Å². The number of halogens is 6. The maximum absolute atomic E-state index is 13.2. The van der Waals surface area contributed by atoms with E-state index in [1.54, 1.807) is 20.8 Å². The maximum atomic E-state index is 13.2. The molecule has 1 heterocycles. The average molecular weight is 516 g/mol. The van der Waals surface area contributed by atoms with Crippen LogP contribution in [0, 0.1) is 5.92 Å². The lowest BCUT2D eigenvalue weighted by Gasteiger charge is -2.24. The minimum atomic E-state index is -5.06. The third-order valence-corrected chi connectivity index (χ3v) is 5.70. The molecule has 1 aliphatic heterocycles. The molecule has 0 aliphatic carbocycles. The molecule has 5 nitrogen and oxygen atoms in total. The highest BCUT2D eigenvalue weighted by atomic mass is 19.4. The fraction of sp³-hybridized carbons (Fsp3) is 0.440. The zero-order valence-electron chi connectivity index (χ0n) is 19.8. The second-order valence-corrected chi connectivity index (χ2v) is 9.67. The summed E-state index contributed by atoms with van der Waals surface area (Å²) in [6.45, 7) is 5.55. The molecule has 0 unspecified atom stereocenters. The number of rotatable bonds is 4. The lowest BCUT2D eigenvalue weighted by Crippen LogP contribution is -2.36. The number of hydrogen-bond donors (Lipinski definition) is 1. The van der Waals surface area contributed by atoms with Gasteiger partial charge in [0.1, 0.15) is 5.60 Å². The number of ether oxygens (including phenoxy) is 1. The molecule has 0 spiro atoms. The number of likely N-dealkylation sites (tertiary alicyclic amines) is 1. The number of benzene rings is 2. The van der Waals surface area contributed by atoms with E-state index in [1.165, 1.54) is 4.90 Å². The summed E-state index contributed by atoms with van der Waals surface area (Å²) in [6, 6.07) is 9.87. The normalized spacial score (nSPS) is 18.8. The van der Waals surface area contributed by atoms with Gasteiger partial charge in [-0.1, -0.05) is 30.3 Å². The predicted molar refractivity (Wildman–Crippen MR) is 119 cm³/mol. The highest BCUT2D eigenvalue weighted by Crippen LogP contribution is 2.37. The average Bonchev–Trinajstić information content (AvgIpc) is 3.20. The molecule has 1 N–H and O–H groups in total. The van der Waals surface area contributed by atoms with Crippen molar-refractivity contribution in [2.75, 3.05) is 19.6 Å². The minimum Gasteiger partial charge on any atom is -0.444 e. The van der Waals surface area contributed by atoms with Crippen LogP contribution >= 0.6 is 0 Å². The van der Waals surface area contributed by atoms with Gasteiger partial charge in [0.15, 0.2) is 0 Å². The summed E-state index contributed by atoms with van der Waals surface area (Å²) in [6.07, 6.45) is -10.7. The van der Waals surface area contributed by atoms with Crippen molar-refractivity contribution in [2.45, 2.75) is 44.6 Å². The van der Waals surface area contributed by atoms with Crippen LogP contribution in [0.1, 0.15) is 53.7 Å². The molecule has 0 aromatic heterocycles. The molecule has 0 saturated carbocycles. The van der Waals surface area contributed by atoms with Gasteiger partial charge in [-0.15, -0.1) is 0 Å². The minimum absolute atomic E-state index is 0.0299. The van der Waals surface area contributed by atoms with E-state index in [4.69, 9.17) is 4.74 Å². The lowest BCUT2D eigenvalue weighted by atomic mass is 9.89. The molecule has 0 radical (unpaired) electrons. The summed E-state index contributed by atoms with van der Waals surface area (Å²) >= 11 is 0. The van der Waals surface area contributed by atoms with E-state index in [0.29, 0.717) is 12.1 Å². The number of amides is 2. The largest absolute Gasteiger partial charge is 0.444 e. The van der Waals surface area contributed by atoms with Crippen molar-refractivity contribution in [3.05, 3.63) is 70.8 Å². The molecule has 11 heteroatoms. The molecule has 3 rings (SSSR count). The summed E-state index contributed by atoms with van der Waals surface area (Å²) in [5, 5.41) is 2.45. The first kappa shape index (κ1) is 27.3. The number of alkyl halides is 6. The van der Waals surface area contributed by atoms with E-state index in [0.717, 1.165) is 5.56 Å². The number of nitrogens with zero attached hydrogens (tertiary/aromatic N) is 1. The standard InChI is InChI=1S/C25H26F6N2O3/c1-23(2,3)36-22(35)33-13-17(20(14-33)15-7-5-4-6-8-15)12-32-21(34)16-9-18(24(26,27)28)11-19(10-16)25(29,30)31/h4-11,17,20H,12-14H2,1-3H3,(H,32,34)/t17-,20-/m0/s1. The first-order valence-electron chi connectivity index (χ1n) is 11.1. The van der Waals surface area contributed by atoms with Crippen LogP contribution in [0.5, 0.6) is 0 Å². The van der Waals surface area contributed by atoms with Gasteiger partial charge in [-0.2, -0.15) is 26.3 Å². The molecule has 2 aromatic carbocycles. The van der Waals surface area contributed by atoms with Crippen LogP contribution in [0.2, 0.25) is 0 Å². The summed E-state index contributed by atoms with van der Waals surface area (Å²) in [7, 11) is 0. The summed E-state index contributed by atoms with van der Waals surface area (Å²) in [4.78, 5) is 26.7. The van der Waals surface area contributed by atoms with Crippen molar-refractivity contribution in [3.63, 3.8) is 0 Å². The van der Waals surface area contributed by atoms with E-state index < -0.39 is 46.6 Å². The van der Waals surface area contributed by atoms with Gasteiger partial charge in [0.2, 0.25) is 0 Å². The zero-order chi connectivity index (χ0) is 26.9. The van der Waals surface area contributed by atoms with Gasteiger partial charge >= 0.3 is 18.4 Å². The SMILES string of the molecule is CC(C)(C)OC(=O)N1C[C@H](CNC(=O)c2cc(C(F)(F)F)cc(C(F)(F)F)c2)[C@H](c2ccccc2)C1. The third-order valence-electron chi connectivity index (χ3n) is 5.70. The third kappa shape index (κ3) is 6.92. The molecule has 2 atom stereocenters. The molecular weight excluding hydrogens is 490 g/mol. The molecule has 36 heavy (non-hydrogen) atoms. The van der Waals surface area contributed by atoms with Gasteiger partial charge in [0.05, 0.1) is 11.1 Å². The van der Waals surface area contributed by atoms with Gasteiger partial charge in [-0.05, 0) is 44.5 Å². The van der Waals surface area contributed by atoms with Crippen molar-refractivity contribution in [3.8, 4) is 0 Å². The highest BCUT2D eigenvalue weighted by Gasteiger charge is 2.39. The van der Waals surface area contributed by atoms with Crippen molar-refractivity contribution < 1.29 is 40.7 Å². The van der Waals surface area contributed by atoms with Crippen molar-refractivity contribution in [2.24, 2.45) is 5.92 Å². The Bertz CT molecular complexity index is 1060. The van der Waals surface area contributed by atoms with Crippen LogP contribution in [0.25, 0.3) is 0 Å². The molecule has 1 aliphatic rings. The fourth-order valence-corrected chi connectivity index (χ4v) is 4.04. The number of carbonyl (C=O) groups excluding carboxylic acids is 2. The van der Waals surface area contributed by atoms with E-state index in [2.05, 4.69) is 5.32 Å². The van der Waals surface area contributed by atoms with Crippen LogP contribution in [0.3, 0.4) is 0 Å². The molecule has 0 bridgehead atoms. The van der Waals surface area contributed by atoms with E-state index in [9.17, 15) is 35.9 Å². The molecular formula is C25H26F6N2O3. The first-order valence-corrected chi connectivity index (χ1v) is 11.1. The summed E-state index contributed by atoms with van der Waals surface area (Å²) in [5.74, 6) is -1.66. The Kier molecular flexibility index (Phi) is 7.61. The topological polar surface area (TPSA) is 58.6 Å². The number of nitrogens with one attached hydrogen (secondary N) is 1. The Labute approximate surface area is 204 Å². The Morgan fingerprint density at radius 1 is 0.917 bits per heavy atom. The second-order valence-electron chi connectivity index (χ2n) is 9.67. The second kappa shape index (κ2) is 10.0. The molecule has 2 amide bonds. The predicted octanol–water partition coefficient (Wildman–Crippen LogP) is 6.10. The Morgan fingerprint density at radius 2 is 1.47 bits per heavy atom. The maximum Gasteiger partial charge on any atom is 0.416 e. The smallest absolute Gasteiger partial charge is 0.416 e. The first-order chi connectivity index (χ1) is 16.5. The number of hydrogen-bond acceptors (Lipinski definition) is 3. The number of carbonyl (C=O) groups is 2. The van der Waals surface area contributed by atoms with E-state index in [-0.39, 0.29) is 37.5 Å². The zero-order valence-corrected chi connectivity index (χ0v) is 19.8. The lowest BCUT2D eigenvalue weighted by molar-refractivity contribution is -0.143. The van der Waals surface area contributed by atoms with Gasteiger partial charge in [0, 0.05) is 37.0 Å². The fourth-order valence-electron chi connectivity index (χ4n) is 4.04. The van der Waals surface area contributed by atoms with E-state index in [1.807, 2.05) is 30.3 Å². The van der Waals surface area contributed by atoms with Crippen LogP contribution in [0.4, 0.5) is 31.1 Å². The van der Waals surface area contributed by atoms with Gasteiger partial charge in [0.25, 0.3) is 5.91 Å². The van der Waals surface area contributed by atoms with Crippen molar-refractivity contribution >= 4 is 12.0 Å². The Hall–Kier alpha value is -3.24. The quantitative estimate of drug-likeness (QED) is 0.500. The van der Waals surface area contributed by atoms with E-state index >= 15 is 0 Å². The van der Waals surface area contributed by atoms with Gasteiger partial charge in [-0.25, -0.2) is 4.79 Å². The summed E-state index contributed by atoms with van der Waals surface area (Å²) in [5.41, 5.74) is -3.74. The Balaban J connectivity index is 1.81.